The summed E-state index contributed by atoms with van der Waals surface area (Å²) in [5.74, 6) is -0.314. The Labute approximate surface area is 166 Å². The number of halogens is 2. The van der Waals surface area contributed by atoms with Gasteiger partial charge in [0.05, 0.1) is 16.9 Å². The van der Waals surface area contributed by atoms with E-state index in [1.54, 1.807) is 0 Å². The lowest BCUT2D eigenvalue weighted by molar-refractivity contribution is -0.122. The van der Waals surface area contributed by atoms with Crippen LogP contribution in [0.25, 0.3) is 0 Å². The number of carbonyl (C=O) groups excluding carboxylic acids is 1. The molecular formula is C20H22Br2N2O. The number of amides is 1. The number of nitrogens with zero attached hydrogens (tertiary/aromatic N) is 1. The van der Waals surface area contributed by atoms with Crippen LogP contribution in [0.15, 0.2) is 57.5 Å². The lowest BCUT2D eigenvalue weighted by Crippen LogP contribution is -2.35. The van der Waals surface area contributed by atoms with Crippen LogP contribution in [0.1, 0.15) is 38.8 Å². The highest BCUT2D eigenvalue weighted by atomic mass is 79.9. The van der Waals surface area contributed by atoms with Gasteiger partial charge in [0.25, 0.3) is 0 Å². The maximum atomic E-state index is 11.1. The average molecular weight is 466 g/mol. The number of carbonyl (C=O) groups is 1. The number of hydrogen-bond acceptors (Lipinski definition) is 2. The minimum absolute atomic E-state index is 0.314. The summed E-state index contributed by atoms with van der Waals surface area (Å²) in [6, 6.07) is 17.7. The fraction of sp³-hybridized carbons (Fsp3) is 0.300. The zero-order valence-electron chi connectivity index (χ0n) is 14.8. The molecule has 25 heavy (non-hydrogen) atoms. The number of benzene rings is 2. The number of rotatable bonds is 3. The van der Waals surface area contributed by atoms with Gasteiger partial charge < -0.3 is 5.73 Å². The van der Waals surface area contributed by atoms with Crippen molar-refractivity contribution in [3.05, 3.63) is 68.6 Å². The Bertz CT molecular complexity index is 792. The summed E-state index contributed by atoms with van der Waals surface area (Å²) in [5.41, 5.74) is 6.26. The van der Waals surface area contributed by atoms with Gasteiger partial charge in [-0.3, -0.25) is 4.79 Å². The Morgan fingerprint density at radius 3 is 1.80 bits per heavy atom. The van der Waals surface area contributed by atoms with Gasteiger partial charge in [-0.05, 0) is 63.1 Å². The van der Waals surface area contributed by atoms with Crippen LogP contribution in [-0.4, -0.2) is 5.91 Å². The summed E-state index contributed by atoms with van der Waals surface area (Å²) in [5, 5.41) is 8.87. The summed E-state index contributed by atoms with van der Waals surface area (Å²) in [4.78, 5) is 11.1. The molecule has 1 amide bonds. The third-order valence-electron chi connectivity index (χ3n) is 3.99. The van der Waals surface area contributed by atoms with Gasteiger partial charge in [0.1, 0.15) is 0 Å². The molecule has 0 saturated carbocycles. The molecule has 0 bridgehead atoms. The molecule has 0 aliphatic rings. The predicted octanol–water partition coefficient (Wildman–Crippen LogP) is 5.46. The Morgan fingerprint density at radius 1 is 0.960 bits per heavy atom. The predicted molar refractivity (Wildman–Crippen MR) is 109 cm³/mol. The second kappa shape index (κ2) is 8.64. The van der Waals surface area contributed by atoms with Crippen LogP contribution in [-0.2, 0) is 15.6 Å². The molecule has 2 aromatic carbocycles. The minimum atomic E-state index is -0.607. The van der Waals surface area contributed by atoms with E-state index in [-0.39, 0.29) is 5.91 Å². The molecule has 2 aromatic rings. The lowest BCUT2D eigenvalue weighted by atomic mass is 9.84. The largest absolute Gasteiger partial charge is 0.369 e. The first-order chi connectivity index (χ1) is 11.5. The Kier molecular flexibility index (Phi) is 7.40. The van der Waals surface area contributed by atoms with E-state index in [0.29, 0.717) is 0 Å². The van der Waals surface area contributed by atoms with E-state index in [2.05, 4.69) is 37.9 Å². The quantitative estimate of drug-likeness (QED) is 0.653. The van der Waals surface area contributed by atoms with Crippen molar-refractivity contribution in [1.29, 1.82) is 5.26 Å². The molecule has 3 nitrogen and oxygen atoms in total. The van der Waals surface area contributed by atoms with E-state index in [0.717, 1.165) is 20.1 Å². The zero-order valence-corrected chi connectivity index (χ0v) is 18.0. The number of hydrogen-bond donors (Lipinski definition) is 1. The number of primary amides is 1. The van der Waals surface area contributed by atoms with Crippen LogP contribution in [0.2, 0.25) is 0 Å². The zero-order chi connectivity index (χ0) is 19.3. The first-order valence-electron chi connectivity index (χ1n) is 7.74. The van der Waals surface area contributed by atoms with Crippen molar-refractivity contribution < 1.29 is 4.79 Å². The molecular weight excluding hydrogens is 444 g/mol. The van der Waals surface area contributed by atoms with Gasteiger partial charge >= 0.3 is 0 Å². The smallest absolute Gasteiger partial charge is 0.227 e. The summed E-state index contributed by atoms with van der Waals surface area (Å²) < 4.78 is 1.97. The van der Waals surface area contributed by atoms with Crippen LogP contribution >= 0.6 is 31.9 Å². The molecule has 0 spiro atoms. The molecule has 0 radical (unpaired) electrons. The molecule has 0 aliphatic heterocycles. The maximum Gasteiger partial charge on any atom is 0.227 e. The van der Waals surface area contributed by atoms with Gasteiger partial charge in [-0.1, -0.05) is 56.1 Å². The van der Waals surface area contributed by atoms with Gasteiger partial charge in [0.15, 0.2) is 0 Å². The Hall–Kier alpha value is -1.64. The van der Waals surface area contributed by atoms with Crippen LogP contribution in [0, 0.1) is 11.3 Å². The summed E-state index contributed by atoms with van der Waals surface area (Å²) in [6.07, 6.45) is 0. The van der Waals surface area contributed by atoms with E-state index in [4.69, 9.17) is 11.0 Å². The number of nitriles is 1. The van der Waals surface area contributed by atoms with Crippen LogP contribution < -0.4 is 5.73 Å². The molecule has 2 N–H and O–H groups in total. The van der Waals surface area contributed by atoms with Gasteiger partial charge in [-0.25, -0.2) is 0 Å². The van der Waals surface area contributed by atoms with E-state index >= 15 is 0 Å². The molecule has 5 heteroatoms. The highest BCUT2D eigenvalue weighted by molar-refractivity contribution is 9.10. The van der Waals surface area contributed by atoms with Crippen molar-refractivity contribution in [1.82, 2.24) is 0 Å². The van der Waals surface area contributed by atoms with Gasteiger partial charge in [-0.2, -0.15) is 5.26 Å². The van der Waals surface area contributed by atoms with E-state index < -0.39 is 10.8 Å². The van der Waals surface area contributed by atoms with Crippen molar-refractivity contribution >= 4 is 37.8 Å². The second-order valence-electron chi connectivity index (χ2n) is 6.75. The van der Waals surface area contributed by atoms with Crippen LogP contribution in [0.4, 0.5) is 0 Å². The molecule has 0 heterocycles. The highest BCUT2D eigenvalue weighted by Gasteiger charge is 2.27. The summed E-state index contributed by atoms with van der Waals surface area (Å²) in [6.45, 7) is 7.46. The fourth-order valence-electron chi connectivity index (χ4n) is 1.96. The van der Waals surface area contributed by atoms with Gasteiger partial charge in [0.2, 0.25) is 5.91 Å². The minimum Gasteiger partial charge on any atom is -0.369 e. The SMILES string of the molecule is CC(C)(C#N)c1cccc(Br)c1.CC(C)(C(N)=O)c1cccc(Br)c1. The molecule has 0 fully saturated rings. The van der Waals surface area contributed by atoms with Gasteiger partial charge in [0, 0.05) is 8.95 Å². The van der Waals surface area contributed by atoms with E-state index in [1.807, 2.05) is 76.2 Å². The first-order valence-corrected chi connectivity index (χ1v) is 9.32. The molecule has 0 aliphatic carbocycles. The third kappa shape index (κ3) is 5.98. The van der Waals surface area contributed by atoms with Gasteiger partial charge in [-0.15, -0.1) is 0 Å². The lowest BCUT2D eigenvalue weighted by Gasteiger charge is -2.20. The van der Waals surface area contributed by atoms with Crippen molar-refractivity contribution in [2.24, 2.45) is 5.73 Å². The monoisotopic (exact) mass is 464 g/mol. The number of nitrogens with two attached hydrogens (primary N) is 1. The molecule has 0 saturated heterocycles. The maximum absolute atomic E-state index is 11.1. The van der Waals surface area contributed by atoms with Crippen molar-refractivity contribution in [3.8, 4) is 6.07 Å². The van der Waals surface area contributed by atoms with Crippen molar-refractivity contribution in [2.45, 2.75) is 38.5 Å². The van der Waals surface area contributed by atoms with Crippen LogP contribution in [0.3, 0.4) is 0 Å². The molecule has 0 atom stereocenters. The second-order valence-corrected chi connectivity index (χ2v) is 8.58. The fourth-order valence-corrected chi connectivity index (χ4v) is 2.76. The summed E-state index contributed by atoms with van der Waals surface area (Å²) >= 11 is 6.73. The van der Waals surface area contributed by atoms with Crippen molar-refractivity contribution in [2.75, 3.05) is 0 Å². The van der Waals surface area contributed by atoms with E-state index in [1.165, 1.54) is 0 Å². The molecule has 2 rings (SSSR count). The normalized spacial score (nSPS) is 11.1. The average Bonchev–Trinajstić information content (AvgIpc) is 2.55. The highest BCUT2D eigenvalue weighted by Crippen LogP contribution is 2.25. The Morgan fingerprint density at radius 2 is 1.40 bits per heavy atom. The van der Waals surface area contributed by atoms with E-state index in [9.17, 15) is 4.79 Å². The molecule has 0 unspecified atom stereocenters. The third-order valence-corrected chi connectivity index (χ3v) is 4.97. The van der Waals surface area contributed by atoms with Crippen LogP contribution in [0.5, 0.6) is 0 Å². The standard InChI is InChI=1S/C10H12BrNO.C10H10BrN/c1-10(2,9(12)13)7-4-3-5-8(11)6-7;1-10(2,7-12)8-4-3-5-9(11)6-8/h3-6H,1-2H3,(H2,12,13);3-6H,1-2H3. The first kappa shape index (κ1) is 21.4. The topological polar surface area (TPSA) is 66.9 Å². The Balaban J connectivity index is 0.000000251. The summed E-state index contributed by atoms with van der Waals surface area (Å²) in [7, 11) is 0. The molecule has 0 aromatic heterocycles. The van der Waals surface area contributed by atoms with Crippen molar-refractivity contribution in [3.63, 3.8) is 0 Å². The molecule has 132 valence electrons.